The fraction of sp³-hybridized carbons (Fsp3) is 0.444. The van der Waals surface area contributed by atoms with Crippen LogP contribution in [0.4, 0.5) is 5.82 Å². The fourth-order valence-corrected chi connectivity index (χ4v) is 3.39. The van der Waals surface area contributed by atoms with Crippen molar-refractivity contribution in [2.45, 2.75) is 25.3 Å². The molecule has 1 aliphatic heterocycles. The summed E-state index contributed by atoms with van der Waals surface area (Å²) in [6.45, 7) is 2.16. The normalized spacial score (nSPS) is 17.3. The van der Waals surface area contributed by atoms with Crippen LogP contribution < -0.4 is 11.1 Å². The number of hydrogen-bond acceptors (Lipinski definition) is 6. The highest BCUT2D eigenvalue weighted by Gasteiger charge is 2.20. The second-order valence-corrected chi connectivity index (χ2v) is 7.16. The molecule has 1 aliphatic rings. The first kappa shape index (κ1) is 17.5. The van der Waals surface area contributed by atoms with Gasteiger partial charge >= 0.3 is 0 Å². The number of nitrogens with one attached hydrogen (secondary N) is 1. The minimum atomic E-state index is -0.0148. The molecular formula is C18H24N8O. The number of anilines is 1. The van der Waals surface area contributed by atoms with Gasteiger partial charge in [-0.25, -0.2) is 4.98 Å². The van der Waals surface area contributed by atoms with Crippen LogP contribution in [0.5, 0.6) is 0 Å². The molecule has 1 amide bonds. The molecule has 9 nitrogen and oxygen atoms in total. The molecule has 3 aromatic rings. The van der Waals surface area contributed by atoms with Crippen LogP contribution in [0.25, 0.3) is 16.8 Å². The smallest absolute Gasteiger partial charge is 0.243 e. The molecule has 27 heavy (non-hydrogen) atoms. The van der Waals surface area contributed by atoms with Crippen molar-refractivity contribution in [3.63, 3.8) is 0 Å². The number of likely N-dealkylation sites (N-methyl/N-ethyl adjacent to an activating group) is 1. The summed E-state index contributed by atoms with van der Waals surface area (Å²) in [6, 6.07) is 1.92. The highest BCUT2D eigenvalue weighted by atomic mass is 16.2. The molecule has 4 heterocycles. The number of rotatable bonds is 4. The van der Waals surface area contributed by atoms with E-state index < -0.39 is 0 Å². The van der Waals surface area contributed by atoms with Crippen LogP contribution in [-0.2, 0) is 11.3 Å². The van der Waals surface area contributed by atoms with E-state index in [9.17, 15) is 4.79 Å². The van der Waals surface area contributed by atoms with E-state index in [0.717, 1.165) is 42.8 Å². The van der Waals surface area contributed by atoms with Crippen molar-refractivity contribution >= 4 is 17.4 Å². The second-order valence-electron chi connectivity index (χ2n) is 7.16. The number of hydrogen-bond donors (Lipinski definition) is 2. The molecule has 1 atom stereocenters. The Morgan fingerprint density at radius 1 is 1.37 bits per heavy atom. The average Bonchev–Trinajstić information content (AvgIpc) is 3.29. The maximum atomic E-state index is 11.9. The zero-order chi connectivity index (χ0) is 19.0. The van der Waals surface area contributed by atoms with E-state index in [-0.39, 0.29) is 12.5 Å². The van der Waals surface area contributed by atoms with Crippen LogP contribution in [0.2, 0.25) is 0 Å². The number of fused-ring (bicyclic) bond motifs is 1. The predicted molar refractivity (Wildman–Crippen MR) is 102 cm³/mol. The lowest BCUT2D eigenvalue weighted by molar-refractivity contribution is -0.129. The van der Waals surface area contributed by atoms with E-state index in [2.05, 4.69) is 15.5 Å². The first-order valence-corrected chi connectivity index (χ1v) is 9.11. The zero-order valence-electron chi connectivity index (χ0n) is 15.6. The second kappa shape index (κ2) is 6.99. The van der Waals surface area contributed by atoms with Gasteiger partial charge in [-0.05, 0) is 19.4 Å². The number of nitrogens with zero attached hydrogens (tertiary/aromatic N) is 6. The Hall–Kier alpha value is -2.94. The highest BCUT2D eigenvalue weighted by molar-refractivity contribution is 5.78. The van der Waals surface area contributed by atoms with Crippen LogP contribution in [0, 0.1) is 0 Å². The molecule has 3 N–H and O–H groups in total. The molecule has 0 saturated carbocycles. The first-order chi connectivity index (χ1) is 13.0. The van der Waals surface area contributed by atoms with Gasteiger partial charge in [-0.2, -0.15) is 14.7 Å². The molecule has 1 fully saturated rings. The number of carbonyl (C=O) groups excluding carboxylic acids is 1. The Morgan fingerprint density at radius 2 is 2.22 bits per heavy atom. The lowest BCUT2D eigenvalue weighted by atomic mass is 9.96. The molecule has 9 heteroatoms. The van der Waals surface area contributed by atoms with Crippen LogP contribution in [0.3, 0.4) is 0 Å². The van der Waals surface area contributed by atoms with Gasteiger partial charge in [0.15, 0.2) is 5.65 Å². The molecular weight excluding hydrogens is 344 g/mol. The van der Waals surface area contributed by atoms with Gasteiger partial charge in [-0.1, -0.05) is 0 Å². The van der Waals surface area contributed by atoms with Gasteiger partial charge in [0.1, 0.15) is 12.4 Å². The van der Waals surface area contributed by atoms with Crippen molar-refractivity contribution < 1.29 is 4.79 Å². The highest BCUT2D eigenvalue weighted by Crippen LogP contribution is 2.28. The predicted octanol–water partition coefficient (Wildman–Crippen LogP) is 0.730. The van der Waals surface area contributed by atoms with Crippen molar-refractivity contribution in [1.82, 2.24) is 34.6 Å². The molecule has 0 radical (unpaired) electrons. The summed E-state index contributed by atoms with van der Waals surface area (Å²) in [5.74, 6) is 0.912. The van der Waals surface area contributed by atoms with Gasteiger partial charge in [0.05, 0.1) is 18.1 Å². The Bertz CT molecular complexity index is 967. The minimum Gasteiger partial charge on any atom is -0.384 e. The summed E-state index contributed by atoms with van der Waals surface area (Å²) in [6.07, 6.45) is 7.55. The third-order valence-corrected chi connectivity index (χ3v) is 4.97. The molecule has 1 unspecified atom stereocenters. The summed E-state index contributed by atoms with van der Waals surface area (Å²) in [4.78, 5) is 18.3. The average molecular weight is 368 g/mol. The number of nitrogens with two attached hydrogens (primary N) is 1. The van der Waals surface area contributed by atoms with Gasteiger partial charge in [0.25, 0.3) is 0 Å². The molecule has 0 bridgehead atoms. The summed E-state index contributed by atoms with van der Waals surface area (Å²) in [7, 11) is 3.46. The van der Waals surface area contributed by atoms with E-state index >= 15 is 0 Å². The molecule has 0 aromatic carbocycles. The number of amides is 1. The Morgan fingerprint density at radius 3 is 2.96 bits per heavy atom. The Labute approximate surface area is 157 Å². The van der Waals surface area contributed by atoms with E-state index in [1.165, 1.54) is 0 Å². The lowest BCUT2D eigenvalue weighted by Crippen LogP contribution is -2.29. The maximum Gasteiger partial charge on any atom is 0.243 e. The van der Waals surface area contributed by atoms with Gasteiger partial charge in [0, 0.05) is 49.9 Å². The molecule has 0 aliphatic carbocycles. The Balaban J connectivity index is 1.69. The van der Waals surface area contributed by atoms with Crippen LogP contribution in [0.1, 0.15) is 24.5 Å². The van der Waals surface area contributed by atoms with Crippen LogP contribution >= 0.6 is 0 Å². The fourth-order valence-electron chi connectivity index (χ4n) is 3.39. The van der Waals surface area contributed by atoms with Gasteiger partial charge in [-0.15, -0.1) is 0 Å². The van der Waals surface area contributed by atoms with Crippen molar-refractivity contribution in [3.05, 3.63) is 30.4 Å². The van der Waals surface area contributed by atoms with Crippen molar-refractivity contribution in [1.29, 1.82) is 0 Å². The minimum absolute atomic E-state index is 0.0148. The molecule has 1 saturated heterocycles. The van der Waals surface area contributed by atoms with Gasteiger partial charge in [-0.3, -0.25) is 9.48 Å². The number of aromatic nitrogens is 5. The molecule has 4 rings (SSSR count). The third-order valence-electron chi connectivity index (χ3n) is 4.97. The van der Waals surface area contributed by atoms with Crippen LogP contribution in [0.15, 0.2) is 24.7 Å². The summed E-state index contributed by atoms with van der Waals surface area (Å²) < 4.78 is 3.27. The Kier molecular flexibility index (Phi) is 4.53. The van der Waals surface area contributed by atoms with Gasteiger partial charge in [0.2, 0.25) is 5.91 Å². The topological polar surface area (TPSA) is 106 Å². The van der Waals surface area contributed by atoms with E-state index in [1.54, 1.807) is 40.6 Å². The van der Waals surface area contributed by atoms with E-state index in [1.807, 2.05) is 12.3 Å². The monoisotopic (exact) mass is 368 g/mol. The number of carbonyl (C=O) groups is 1. The maximum absolute atomic E-state index is 11.9. The van der Waals surface area contributed by atoms with E-state index in [4.69, 9.17) is 10.7 Å². The van der Waals surface area contributed by atoms with Crippen molar-refractivity contribution in [2.75, 3.05) is 32.9 Å². The van der Waals surface area contributed by atoms with Crippen LogP contribution in [-0.4, -0.2) is 62.4 Å². The SMILES string of the molecule is CN(C)C(=O)Cn1cc(-c2cnn3c(N)cc(C4CCCNC4)nc23)cn1. The summed E-state index contributed by atoms with van der Waals surface area (Å²) >= 11 is 0. The van der Waals surface area contributed by atoms with E-state index in [0.29, 0.717) is 17.4 Å². The molecule has 142 valence electrons. The zero-order valence-corrected chi connectivity index (χ0v) is 15.6. The standard InChI is InChI=1S/C18H24N8O/c1-24(2)17(27)11-25-10-13(8-21-25)14-9-22-26-16(19)6-15(23-18(14)26)12-4-3-5-20-7-12/h6,8-10,12,20H,3-5,7,11,19H2,1-2H3. The summed E-state index contributed by atoms with van der Waals surface area (Å²) in [5, 5.41) is 12.1. The number of nitrogen functional groups attached to an aromatic ring is 1. The van der Waals surface area contributed by atoms with Crippen molar-refractivity contribution in [2.24, 2.45) is 0 Å². The summed E-state index contributed by atoms with van der Waals surface area (Å²) in [5.41, 5.74) is 9.66. The molecule has 3 aromatic heterocycles. The largest absolute Gasteiger partial charge is 0.384 e. The molecule has 0 spiro atoms. The first-order valence-electron chi connectivity index (χ1n) is 9.11. The van der Waals surface area contributed by atoms with Crippen molar-refractivity contribution in [3.8, 4) is 11.1 Å². The third kappa shape index (κ3) is 3.37. The quantitative estimate of drug-likeness (QED) is 0.703. The lowest BCUT2D eigenvalue weighted by Gasteiger charge is -2.22. The van der Waals surface area contributed by atoms with Gasteiger partial charge < -0.3 is 16.0 Å². The number of piperidine rings is 1.